The summed E-state index contributed by atoms with van der Waals surface area (Å²) in [6.07, 6.45) is -5.99. The van der Waals surface area contributed by atoms with E-state index in [1.54, 1.807) is 13.0 Å². The van der Waals surface area contributed by atoms with E-state index in [0.717, 1.165) is 6.07 Å². The van der Waals surface area contributed by atoms with E-state index < -0.39 is 58.3 Å². The first-order chi connectivity index (χ1) is 18.2. The van der Waals surface area contributed by atoms with Crippen molar-refractivity contribution in [1.82, 2.24) is 14.7 Å². The van der Waals surface area contributed by atoms with Crippen LogP contribution in [0.2, 0.25) is 0 Å². The maximum absolute atomic E-state index is 14.3. The average Bonchev–Trinajstić information content (AvgIpc) is 2.84. The molecule has 2 aromatic heterocycles. The van der Waals surface area contributed by atoms with Crippen LogP contribution in [0.1, 0.15) is 42.7 Å². The summed E-state index contributed by atoms with van der Waals surface area (Å²) >= 11 is 0. The van der Waals surface area contributed by atoms with E-state index in [-0.39, 0.29) is 28.5 Å². The summed E-state index contributed by atoms with van der Waals surface area (Å²) in [6.45, 7) is 5.27. The van der Waals surface area contributed by atoms with E-state index in [0.29, 0.717) is 12.3 Å². The molecule has 0 atom stereocenters. The molecule has 3 rings (SSSR count). The molecule has 0 radical (unpaired) electrons. The van der Waals surface area contributed by atoms with Gasteiger partial charge in [-0.3, -0.25) is 4.79 Å². The predicted molar refractivity (Wildman–Crippen MR) is 134 cm³/mol. The van der Waals surface area contributed by atoms with E-state index in [1.807, 2.05) is 18.6 Å². The van der Waals surface area contributed by atoms with Gasteiger partial charge in [0.05, 0.1) is 18.9 Å². The van der Waals surface area contributed by atoms with Crippen LogP contribution < -0.4 is 14.2 Å². The second kappa shape index (κ2) is 12.4. The van der Waals surface area contributed by atoms with Crippen LogP contribution in [-0.2, 0) is 10.0 Å². The van der Waals surface area contributed by atoms with Gasteiger partial charge < -0.3 is 9.47 Å². The van der Waals surface area contributed by atoms with Crippen LogP contribution in [-0.4, -0.2) is 43.7 Å². The summed E-state index contributed by atoms with van der Waals surface area (Å²) in [5.41, 5.74) is 0.415. The lowest BCUT2D eigenvalue weighted by atomic mass is 10.1. The predicted octanol–water partition coefficient (Wildman–Crippen LogP) is 5.47. The first-order valence-electron chi connectivity index (χ1n) is 11.9. The number of rotatable bonds is 11. The number of pyridine rings is 2. The fourth-order valence-electron chi connectivity index (χ4n) is 3.28. The Bertz CT molecular complexity index is 1430. The Balaban J connectivity index is 1.94. The molecule has 2 heterocycles. The van der Waals surface area contributed by atoms with Crippen LogP contribution >= 0.6 is 0 Å². The molecule has 1 aromatic carbocycles. The number of carbonyl (C=O) groups is 1. The minimum atomic E-state index is -4.41. The molecule has 0 fully saturated rings. The standard InChI is InChI=1S/C26H27F4N3O5S/c1-16(2)15-38-20-13-18(12-19(27)14-20)22-9-8-21(25(32-22)37-11-5-10-26(28,29)30)24(34)33-39(35,36)23-7-4-6-17(3)31-23/h4,6-9,12-14,16H,5,10-11,15H2,1-3H3,(H,33,34). The summed E-state index contributed by atoms with van der Waals surface area (Å²) < 4.78 is 90.3. The Morgan fingerprint density at radius 1 is 1.05 bits per heavy atom. The summed E-state index contributed by atoms with van der Waals surface area (Å²) in [7, 11) is -4.39. The molecule has 8 nitrogen and oxygen atoms in total. The number of sulfonamides is 1. The number of aromatic nitrogens is 2. The minimum Gasteiger partial charge on any atom is -0.493 e. The highest BCUT2D eigenvalue weighted by atomic mass is 32.2. The van der Waals surface area contributed by atoms with Crippen LogP contribution in [0.5, 0.6) is 11.6 Å². The van der Waals surface area contributed by atoms with E-state index in [9.17, 15) is 30.8 Å². The quantitative estimate of drug-likeness (QED) is 0.241. The molecule has 0 unspecified atom stereocenters. The number of hydrogen-bond acceptors (Lipinski definition) is 7. The lowest BCUT2D eigenvalue weighted by Crippen LogP contribution is -2.31. The lowest BCUT2D eigenvalue weighted by molar-refractivity contribution is -0.136. The number of hydrogen-bond donors (Lipinski definition) is 1. The summed E-state index contributed by atoms with van der Waals surface area (Å²) in [5.74, 6) is -1.78. The van der Waals surface area contributed by atoms with Crippen LogP contribution in [0.15, 0.2) is 53.6 Å². The van der Waals surface area contributed by atoms with Crippen molar-refractivity contribution in [1.29, 1.82) is 0 Å². The maximum Gasteiger partial charge on any atom is 0.389 e. The molecule has 1 amide bonds. The summed E-state index contributed by atoms with van der Waals surface area (Å²) in [6, 6.07) is 10.6. The number of benzene rings is 1. The van der Waals surface area contributed by atoms with Crippen molar-refractivity contribution >= 4 is 15.9 Å². The fourth-order valence-corrected chi connectivity index (χ4v) is 4.26. The van der Waals surface area contributed by atoms with Gasteiger partial charge in [0.15, 0.2) is 5.03 Å². The molecular formula is C26H27F4N3O5S. The molecule has 210 valence electrons. The normalized spacial score (nSPS) is 11.9. The van der Waals surface area contributed by atoms with Gasteiger partial charge in [-0.05, 0) is 55.7 Å². The Hall–Kier alpha value is -3.74. The van der Waals surface area contributed by atoms with Gasteiger partial charge in [-0.25, -0.2) is 19.1 Å². The van der Waals surface area contributed by atoms with E-state index >= 15 is 0 Å². The lowest BCUT2D eigenvalue weighted by Gasteiger charge is -2.14. The molecule has 0 aliphatic rings. The van der Waals surface area contributed by atoms with Gasteiger partial charge in [0.1, 0.15) is 17.1 Å². The van der Waals surface area contributed by atoms with Gasteiger partial charge in [-0.15, -0.1) is 0 Å². The second-order valence-corrected chi connectivity index (χ2v) is 10.7. The maximum atomic E-state index is 14.3. The number of amides is 1. The van der Waals surface area contributed by atoms with Crippen molar-refractivity contribution in [2.75, 3.05) is 13.2 Å². The van der Waals surface area contributed by atoms with E-state index in [1.165, 1.54) is 36.4 Å². The molecule has 0 spiro atoms. The third kappa shape index (κ3) is 8.91. The van der Waals surface area contributed by atoms with Gasteiger partial charge in [0.2, 0.25) is 5.88 Å². The first kappa shape index (κ1) is 29.8. The topological polar surface area (TPSA) is 107 Å². The average molecular weight is 570 g/mol. The van der Waals surface area contributed by atoms with Gasteiger partial charge in [0.25, 0.3) is 15.9 Å². The molecule has 3 aromatic rings. The Morgan fingerprint density at radius 2 is 1.79 bits per heavy atom. The first-order valence-corrected chi connectivity index (χ1v) is 13.4. The highest BCUT2D eigenvalue weighted by Gasteiger charge is 2.27. The van der Waals surface area contributed by atoms with Gasteiger partial charge >= 0.3 is 6.18 Å². The summed E-state index contributed by atoms with van der Waals surface area (Å²) in [5, 5.41) is -0.401. The van der Waals surface area contributed by atoms with Crippen molar-refractivity contribution in [3.05, 3.63) is 65.6 Å². The van der Waals surface area contributed by atoms with Crippen molar-refractivity contribution in [3.8, 4) is 22.9 Å². The van der Waals surface area contributed by atoms with Gasteiger partial charge in [-0.2, -0.15) is 21.6 Å². The SMILES string of the molecule is Cc1cccc(S(=O)(=O)NC(=O)c2ccc(-c3cc(F)cc(OCC(C)C)c3)nc2OCCCC(F)(F)F)n1. The Kier molecular flexibility index (Phi) is 9.49. The number of halogens is 4. The monoisotopic (exact) mass is 569 g/mol. The fraction of sp³-hybridized carbons (Fsp3) is 0.346. The summed E-state index contributed by atoms with van der Waals surface area (Å²) in [4.78, 5) is 21.0. The number of aryl methyl sites for hydroxylation is 1. The second-order valence-electron chi connectivity index (χ2n) is 9.05. The van der Waals surface area contributed by atoms with Crippen LogP contribution in [0.3, 0.4) is 0 Å². The molecule has 0 saturated heterocycles. The third-order valence-electron chi connectivity index (χ3n) is 5.06. The molecule has 0 bridgehead atoms. The molecule has 39 heavy (non-hydrogen) atoms. The Labute approximate surface area is 223 Å². The molecule has 13 heteroatoms. The largest absolute Gasteiger partial charge is 0.493 e. The van der Waals surface area contributed by atoms with Crippen molar-refractivity contribution in [2.24, 2.45) is 5.92 Å². The van der Waals surface area contributed by atoms with Gasteiger partial charge in [0, 0.05) is 23.7 Å². The smallest absolute Gasteiger partial charge is 0.389 e. The van der Waals surface area contributed by atoms with Gasteiger partial charge in [-0.1, -0.05) is 19.9 Å². The number of nitrogens with one attached hydrogen (secondary N) is 1. The highest BCUT2D eigenvalue weighted by molar-refractivity contribution is 7.90. The Morgan fingerprint density at radius 3 is 2.46 bits per heavy atom. The molecular weight excluding hydrogens is 542 g/mol. The highest BCUT2D eigenvalue weighted by Crippen LogP contribution is 2.29. The number of ether oxygens (including phenoxy) is 2. The zero-order valence-corrected chi connectivity index (χ0v) is 22.2. The number of nitrogens with zero attached hydrogens (tertiary/aromatic N) is 2. The van der Waals surface area contributed by atoms with Crippen LogP contribution in [0.4, 0.5) is 17.6 Å². The molecule has 1 N–H and O–H groups in total. The third-order valence-corrected chi connectivity index (χ3v) is 6.30. The number of alkyl halides is 3. The van der Waals surface area contributed by atoms with E-state index in [2.05, 4.69) is 9.97 Å². The van der Waals surface area contributed by atoms with E-state index in [4.69, 9.17) is 9.47 Å². The van der Waals surface area contributed by atoms with Crippen molar-refractivity contribution in [3.63, 3.8) is 0 Å². The zero-order valence-electron chi connectivity index (χ0n) is 21.4. The van der Waals surface area contributed by atoms with Crippen LogP contribution in [0, 0.1) is 18.7 Å². The molecule has 0 saturated carbocycles. The van der Waals surface area contributed by atoms with Crippen LogP contribution in [0.25, 0.3) is 11.3 Å². The zero-order chi connectivity index (χ0) is 28.8. The molecule has 0 aliphatic carbocycles. The molecule has 0 aliphatic heterocycles. The van der Waals surface area contributed by atoms with Crippen molar-refractivity contribution in [2.45, 2.75) is 44.8 Å². The minimum absolute atomic E-state index is 0.120. The number of carbonyl (C=O) groups excluding carboxylic acids is 1. The van der Waals surface area contributed by atoms with Crippen molar-refractivity contribution < 1.29 is 40.2 Å².